The molecule has 0 fully saturated rings. The van der Waals surface area contributed by atoms with Crippen molar-refractivity contribution >= 4 is 5.78 Å². The summed E-state index contributed by atoms with van der Waals surface area (Å²) >= 11 is 0. The van der Waals surface area contributed by atoms with Crippen molar-refractivity contribution in [2.75, 3.05) is 0 Å². The first-order chi connectivity index (χ1) is 11.2. The molecule has 0 aromatic heterocycles. The molecule has 1 aliphatic rings. The highest BCUT2D eigenvalue weighted by Crippen LogP contribution is 2.43. The first kappa shape index (κ1) is 13.9. The van der Waals surface area contributed by atoms with E-state index in [9.17, 15) is 9.90 Å². The van der Waals surface area contributed by atoms with Gasteiger partial charge in [-0.2, -0.15) is 0 Å². The molecule has 0 radical (unpaired) electrons. The summed E-state index contributed by atoms with van der Waals surface area (Å²) in [5.74, 6) is -0.226. The number of carbonyl (C=O) groups is 1. The lowest BCUT2D eigenvalue weighted by atomic mass is 9.72. The lowest BCUT2D eigenvalue weighted by Gasteiger charge is -2.34. The summed E-state index contributed by atoms with van der Waals surface area (Å²) in [5.41, 5.74) is 2.52. The lowest BCUT2D eigenvalue weighted by Crippen LogP contribution is -2.41. The molecule has 1 N–H and O–H groups in total. The van der Waals surface area contributed by atoms with E-state index >= 15 is 0 Å². The second-order valence-corrected chi connectivity index (χ2v) is 5.94. The van der Waals surface area contributed by atoms with Gasteiger partial charge in [0, 0.05) is 12.0 Å². The van der Waals surface area contributed by atoms with E-state index in [0.29, 0.717) is 11.1 Å². The van der Waals surface area contributed by atoms with Gasteiger partial charge in [-0.15, -0.1) is 0 Å². The van der Waals surface area contributed by atoms with E-state index in [1.54, 1.807) is 6.07 Å². The summed E-state index contributed by atoms with van der Waals surface area (Å²) in [6.07, 6.45) is 0.276. The zero-order valence-corrected chi connectivity index (χ0v) is 12.6. The van der Waals surface area contributed by atoms with E-state index in [1.165, 1.54) is 0 Å². The van der Waals surface area contributed by atoms with Gasteiger partial charge in [0.2, 0.25) is 0 Å². The van der Waals surface area contributed by atoms with Gasteiger partial charge in [0.05, 0.1) is 0 Å². The summed E-state index contributed by atoms with van der Waals surface area (Å²) in [7, 11) is 0. The first-order valence-corrected chi connectivity index (χ1v) is 7.70. The van der Waals surface area contributed by atoms with E-state index in [4.69, 9.17) is 0 Å². The van der Waals surface area contributed by atoms with Crippen molar-refractivity contribution in [1.82, 2.24) is 0 Å². The molecule has 2 heteroatoms. The van der Waals surface area contributed by atoms with E-state index < -0.39 is 5.60 Å². The second kappa shape index (κ2) is 5.18. The molecule has 0 saturated carbocycles. The van der Waals surface area contributed by atoms with Gasteiger partial charge in [0.15, 0.2) is 11.4 Å². The summed E-state index contributed by atoms with van der Waals surface area (Å²) in [5, 5.41) is 11.3. The molecule has 2 nitrogen and oxygen atoms in total. The molecule has 4 rings (SSSR count). The van der Waals surface area contributed by atoms with Crippen LogP contribution in [0.1, 0.15) is 21.5 Å². The van der Waals surface area contributed by atoms with Gasteiger partial charge in [-0.3, -0.25) is 4.79 Å². The summed E-state index contributed by atoms with van der Waals surface area (Å²) in [4.78, 5) is 13.1. The van der Waals surface area contributed by atoms with Crippen LogP contribution in [0.2, 0.25) is 0 Å². The number of ketones is 1. The maximum absolute atomic E-state index is 13.1. The number of aliphatic hydroxyl groups is 1. The highest BCUT2D eigenvalue weighted by atomic mass is 16.3. The van der Waals surface area contributed by atoms with Crippen molar-refractivity contribution < 1.29 is 9.90 Å². The van der Waals surface area contributed by atoms with Crippen molar-refractivity contribution in [2.24, 2.45) is 0 Å². The van der Waals surface area contributed by atoms with E-state index in [0.717, 1.165) is 16.7 Å². The Hall–Kier alpha value is -2.71. The third-order valence-electron chi connectivity index (χ3n) is 4.51. The maximum atomic E-state index is 13.1. The van der Waals surface area contributed by atoms with Crippen molar-refractivity contribution in [3.05, 3.63) is 95.6 Å². The molecule has 1 atom stereocenters. The van der Waals surface area contributed by atoms with Gasteiger partial charge in [0.25, 0.3) is 0 Å². The quantitative estimate of drug-likeness (QED) is 0.777. The van der Waals surface area contributed by atoms with Crippen LogP contribution < -0.4 is 0 Å². The molecule has 0 bridgehead atoms. The average Bonchev–Trinajstić information content (AvgIpc) is 2.61. The van der Waals surface area contributed by atoms with Crippen molar-refractivity contribution in [2.45, 2.75) is 12.0 Å². The standard InChI is InChI=1S/C21H16O2/c22-20-18-12-5-4-10-16(18)17-11-6-7-13-19(17)21(20,23)14-15-8-2-1-3-9-15/h1-13,23H,14H2/t21-/m0/s1. The van der Waals surface area contributed by atoms with Gasteiger partial charge in [-0.1, -0.05) is 78.9 Å². The van der Waals surface area contributed by atoms with Crippen molar-refractivity contribution in [3.8, 4) is 11.1 Å². The molecular formula is C21H16O2. The molecule has 1 aliphatic carbocycles. The fourth-order valence-corrected chi connectivity index (χ4v) is 3.41. The van der Waals surface area contributed by atoms with E-state index in [-0.39, 0.29) is 12.2 Å². The van der Waals surface area contributed by atoms with Crippen LogP contribution in [0.4, 0.5) is 0 Å². The summed E-state index contributed by atoms with van der Waals surface area (Å²) in [6, 6.07) is 24.8. The minimum atomic E-state index is -1.52. The van der Waals surface area contributed by atoms with Gasteiger partial charge >= 0.3 is 0 Å². The second-order valence-electron chi connectivity index (χ2n) is 5.94. The highest BCUT2D eigenvalue weighted by Gasteiger charge is 2.44. The Morgan fingerprint density at radius 1 is 0.696 bits per heavy atom. The predicted molar refractivity (Wildman–Crippen MR) is 90.3 cm³/mol. The molecular weight excluding hydrogens is 284 g/mol. The largest absolute Gasteiger partial charge is 0.377 e. The third-order valence-corrected chi connectivity index (χ3v) is 4.51. The van der Waals surface area contributed by atoms with Crippen molar-refractivity contribution in [1.29, 1.82) is 0 Å². The number of carbonyl (C=O) groups excluding carboxylic acids is 1. The van der Waals surface area contributed by atoms with Crippen LogP contribution >= 0.6 is 0 Å². The van der Waals surface area contributed by atoms with Gasteiger partial charge < -0.3 is 5.11 Å². The van der Waals surface area contributed by atoms with Crippen LogP contribution in [0.25, 0.3) is 11.1 Å². The smallest absolute Gasteiger partial charge is 0.199 e. The Balaban J connectivity index is 1.93. The van der Waals surface area contributed by atoms with Crippen LogP contribution in [-0.2, 0) is 12.0 Å². The maximum Gasteiger partial charge on any atom is 0.199 e. The number of benzene rings is 3. The lowest BCUT2D eigenvalue weighted by molar-refractivity contribution is 0.0293. The minimum Gasteiger partial charge on any atom is -0.377 e. The van der Waals surface area contributed by atoms with Gasteiger partial charge in [-0.05, 0) is 22.3 Å². The molecule has 3 aromatic carbocycles. The first-order valence-electron chi connectivity index (χ1n) is 7.70. The van der Waals surface area contributed by atoms with Crippen molar-refractivity contribution in [3.63, 3.8) is 0 Å². The van der Waals surface area contributed by atoms with Crippen LogP contribution in [-0.4, -0.2) is 10.9 Å². The zero-order chi connectivity index (χ0) is 15.9. The Labute approximate surface area is 135 Å². The number of hydrogen-bond donors (Lipinski definition) is 1. The topological polar surface area (TPSA) is 37.3 Å². The van der Waals surface area contributed by atoms with Crippen LogP contribution in [0, 0.1) is 0 Å². The fraction of sp³-hybridized carbons (Fsp3) is 0.0952. The molecule has 0 saturated heterocycles. The highest BCUT2D eigenvalue weighted by molar-refractivity contribution is 6.11. The molecule has 112 valence electrons. The van der Waals surface area contributed by atoms with E-state index in [1.807, 2.05) is 72.8 Å². The number of Topliss-reactive ketones (excluding diaryl/α,β-unsaturated/α-hetero) is 1. The normalized spacial score (nSPS) is 19.1. The Morgan fingerprint density at radius 3 is 2.00 bits per heavy atom. The molecule has 0 heterocycles. The van der Waals surface area contributed by atoms with Gasteiger partial charge in [-0.25, -0.2) is 0 Å². The zero-order valence-electron chi connectivity index (χ0n) is 12.6. The Kier molecular flexibility index (Phi) is 3.14. The number of fused-ring (bicyclic) bond motifs is 3. The molecule has 23 heavy (non-hydrogen) atoms. The van der Waals surface area contributed by atoms with Gasteiger partial charge in [0.1, 0.15) is 0 Å². The molecule has 0 spiro atoms. The summed E-state index contributed by atoms with van der Waals surface area (Å²) < 4.78 is 0. The third kappa shape index (κ3) is 2.11. The molecule has 0 aliphatic heterocycles. The summed E-state index contributed by atoms with van der Waals surface area (Å²) in [6.45, 7) is 0. The molecule has 0 amide bonds. The number of rotatable bonds is 2. The average molecular weight is 300 g/mol. The molecule has 3 aromatic rings. The van der Waals surface area contributed by atoms with E-state index in [2.05, 4.69) is 0 Å². The van der Waals surface area contributed by atoms with Crippen LogP contribution in [0.3, 0.4) is 0 Å². The predicted octanol–water partition coefficient (Wildman–Crippen LogP) is 3.98. The fourth-order valence-electron chi connectivity index (χ4n) is 3.41. The molecule has 0 unspecified atom stereocenters. The Morgan fingerprint density at radius 2 is 1.26 bits per heavy atom. The number of hydrogen-bond acceptors (Lipinski definition) is 2. The van der Waals surface area contributed by atoms with Crippen LogP contribution in [0.15, 0.2) is 78.9 Å². The Bertz CT molecular complexity index is 883. The monoisotopic (exact) mass is 300 g/mol. The SMILES string of the molecule is O=C1c2ccccc2-c2ccccc2[C@@]1(O)Cc1ccccc1. The minimum absolute atomic E-state index is 0.226. The van der Waals surface area contributed by atoms with Crippen LogP contribution in [0.5, 0.6) is 0 Å².